The summed E-state index contributed by atoms with van der Waals surface area (Å²) in [4.78, 5) is 19.4. The molecule has 0 fully saturated rings. The number of hydrogen-bond acceptors (Lipinski definition) is 3. The molecule has 0 aliphatic carbocycles. The maximum absolute atomic E-state index is 12.2. The Morgan fingerprint density at radius 3 is 2.76 bits per heavy atom. The molecular weight excluding hydrogens is 266 g/mol. The molecule has 0 unspecified atom stereocenters. The molecule has 0 saturated heterocycles. The number of benzene rings is 1. The van der Waals surface area contributed by atoms with Crippen molar-refractivity contribution in [3.63, 3.8) is 0 Å². The highest BCUT2D eigenvalue weighted by molar-refractivity contribution is 6.05. The van der Waals surface area contributed by atoms with Gasteiger partial charge in [0.15, 0.2) is 5.82 Å². The Kier molecular flexibility index (Phi) is 3.01. The van der Waals surface area contributed by atoms with Crippen LogP contribution in [0, 0.1) is 0 Å². The molecule has 0 radical (unpaired) electrons. The van der Waals surface area contributed by atoms with Crippen molar-refractivity contribution in [2.45, 2.75) is 26.2 Å². The second kappa shape index (κ2) is 4.73. The van der Waals surface area contributed by atoms with Crippen LogP contribution in [-0.4, -0.2) is 26.1 Å². The number of rotatable bonds is 2. The summed E-state index contributed by atoms with van der Waals surface area (Å²) in [7, 11) is 0. The summed E-state index contributed by atoms with van der Waals surface area (Å²) < 4.78 is 0. The number of aromatic nitrogens is 4. The summed E-state index contributed by atoms with van der Waals surface area (Å²) in [6.45, 7) is 6.24. The number of fused-ring (bicyclic) bond motifs is 1. The molecular formula is C15H17N5O. The highest BCUT2D eigenvalue weighted by atomic mass is 16.1. The van der Waals surface area contributed by atoms with Gasteiger partial charge in [-0.3, -0.25) is 9.89 Å². The zero-order valence-corrected chi connectivity index (χ0v) is 12.2. The molecule has 0 aliphatic rings. The Morgan fingerprint density at radius 2 is 2.05 bits per heavy atom. The number of amides is 1. The molecule has 0 spiro atoms. The van der Waals surface area contributed by atoms with Crippen LogP contribution in [0.4, 0.5) is 5.82 Å². The molecule has 108 valence electrons. The Balaban J connectivity index is 1.81. The zero-order chi connectivity index (χ0) is 15.0. The van der Waals surface area contributed by atoms with Gasteiger partial charge in [0.05, 0.1) is 17.4 Å². The minimum absolute atomic E-state index is 0.0369. The maximum Gasteiger partial charge on any atom is 0.256 e. The average molecular weight is 283 g/mol. The van der Waals surface area contributed by atoms with E-state index in [2.05, 4.69) is 46.3 Å². The summed E-state index contributed by atoms with van der Waals surface area (Å²) in [5.74, 6) is 0.327. The van der Waals surface area contributed by atoms with Crippen LogP contribution in [0.25, 0.3) is 11.0 Å². The van der Waals surface area contributed by atoms with Crippen LogP contribution >= 0.6 is 0 Å². The van der Waals surface area contributed by atoms with E-state index in [0.717, 1.165) is 16.7 Å². The predicted octanol–water partition coefficient (Wildman–Crippen LogP) is 2.84. The summed E-state index contributed by atoms with van der Waals surface area (Å²) in [5, 5.41) is 9.86. The van der Waals surface area contributed by atoms with Crippen molar-refractivity contribution in [2.24, 2.45) is 0 Å². The predicted molar refractivity (Wildman–Crippen MR) is 81.3 cm³/mol. The molecule has 6 nitrogen and oxygen atoms in total. The number of hydrogen-bond donors (Lipinski definition) is 3. The van der Waals surface area contributed by atoms with E-state index in [1.165, 1.54) is 0 Å². The van der Waals surface area contributed by atoms with Crippen molar-refractivity contribution in [2.75, 3.05) is 5.32 Å². The summed E-state index contributed by atoms with van der Waals surface area (Å²) >= 11 is 0. The number of H-pyrrole nitrogens is 2. The maximum atomic E-state index is 12.2. The van der Waals surface area contributed by atoms with Gasteiger partial charge in [0.1, 0.15) is 0 Å². The number of carbonyl (C=O) groups is 1. The highest BCUT2D eigenvalue weighted by Crippen LogP contribution is 2.22. The van der Waals surface area contributed by atoms with Crippen molar-refractivity contribution in [3.05, 3.63) is 41.9 Å². The molecule has 0 aliphatic heterocycles. The minimum atomic E-state index is -0.196. The summed E-state index contributed by atoms with van der Waals surface area (Å²) in [5.41, 5.74) is 3.17. The topological polar surface area (TPSA) is 86.5 Å². The molecule has 0 bridgehead atoms. The van der Waals surface area contributed by atoms with Crippen molar-refractivity contribution >= 4 is 22.8 Å². The van der Waals surface area contributed by atoms with Crippen molar-refractivity contribution in [1.29, 1.82) is 0 Å². The lowest BCUT2D eigenvalue weighted by Gasteiger charge is -2.14. The molecule has 1 amide bonds. The Hall–Kier alpha value is -2.63. The fraction of sp³-hybridized carbons (Fsp3) is 0.267. The van der Waals surface area contributed by atoms with Gasteiger partial charge in [-0.15, -0.1) is 0 Å². The first-order chi connectivity index (χ1) is 9.93. The average Bonchev–Trinajstić information content (AvgIpc) is 3.04. The van der Waals surface area contributed by atoms with Gasteiger partial charge >= 0.3 is 0 Å². The van der Waals surface area contributed by atoms with Gasteiger partial charge in [-0.05, 0) is 18.2 Å². The van der Waals surface area contributed by atoms with Crippen LogP contribution in [-0.2, 0) is 5.41 Å². The lowest BCUT2D eigenvalue weighted by atomic mass is 9.92. The number of nitrogens with zero attached hydrogens (tertiary/aromatic N) is 2. The smallest absolute Gasteiger partial charge is 0.256 e. The van der Waals surface area contributed by atoms with Gasteiger partial charge in [-0.1, -0.05) is 20.8 Å². The third-order valence-corrected chi connectivity index (χ3v) is 3.31. The fourth-order valence-corrected chi connectivity index (χ4v) is 2.04. The third kappa shape index (κ3) is 2.65. The summed E-state index contributed by atoms with van der Waals surface area (Å²) in [6, 6.07) is 7.18. The number of aromatic amines is 2. The lowest BCUT2D eigenvalue weighted by Crippen LogP contribution is -2.12. The Bertz CT molecular complexity index is 794. The molecule has 3 aromatic rings. The quantitative estimate of drug-likeness (QED) is 0.676. The van der Waals surface area contributed by atoms with Gasteiger partial charge in [-0.25, -0.2) is 4.98 Å². The second-order valence-electron chi connectivity index (χ2n) is 6.01. The molecule has 0 atom stereocenters. The second-order valence-corrected chi connectivity index (χ2v) is 6.01. The number of carbonyl (C=O) groups excluding carboxylic acids is 1. The van der Waals surface area contributed by atoms with E-state index in [9.17, 15) is 4.79 Å². The molecule has 3 rings (SSSR count). The first kappa shape index (κ1) is 13.4. The van der Waals surface area contributed by atoms with E-state index in [1.54, 1.807) is 18.5 Å². The van der Waals surface area contributed by atoms with Crippen LogP contribution < -0.4 is 5.32 Å². The number of nitrogens with one attached hydrogen (secondary N) is 3. The van der Waals surface area contributed by atoms with Crippen LogP contribution in [0.2, 0.25) is 0 Å². The Labute approximate surface area is 122 Å². The molecule has 3 N–H and O–H groups in total. The van der Waals surface area contributed by atoms with E-state index in [4.69, 9.17) is 0 Å². The molecule has 21 heavy (non-hydrogen) atoms. The van der Waals surface area contributed by atoms with E-state index >= 15 is 0 Å². The van der Waals surface area contributed by atoms with E-state index in [-0.39, 0.29) is 11.3 Å². The normalized spacial score (nSPS) is 11.8. The number of imidazole rings is 1. The van der Waals surface area contributed by atoms with E-state index in [1.807, 2.05) is 12.1 Å². The molecule has 2 heterocycles. The molecule has 0 saturated carbocycles. The molecule has 2 aromatic heterocycles. The SMILES string of the molecule is CC(C)(C)c1cc(NC(=O)c2ccc3nc[nH]c3c2)n[nH]1. The zero-order valence-electron chi connectivity index (χ0n) is 12.2. The third-order valence-electron chi connectivity index (χ3n) is 3.31. The van der Waals surface area contributed by atoms with Gasteiger partial charge in [0, 0.05) is 22.7 Å². The van der Waals surface area contributed by atoms with Gasteiger partial charge < -0.3 is 10.3 Å². The van der Waals surface area contributed by atoms with Gasteiger partial charge in [0.2, 0.25) is 0 Å². The standard InChI is InChI=1S/C15H17N5O/c1-15(2,3)12-7-13(20-19-12)18-14(21)9-4-5-10-11(6-9)17-8-16-10/h4-8H,1-3H3,(H,16,17)(H2,18,19,20,21). The minimum Gasteiger partial charge on any atom is -0.345 e. The highest BCUT2D eigenvalue weighted by Gasteiger charge is 2.17. The van der Waals surface area contributed by atoms with Gasteiger partial charge in [-0.2, -0.15) is 5.10 Å². The van der Waals surface area contributed by atoms with Crippen molar-refractivity contribution < 1.29 is 4.79 Å². The van der Waals surface area contributed by atoms with Crippen LogP contribution in [0.15, 0.2) is 30.6 Å². The fourth-order valence-electron chi connectivity index (χ4n) is 2.04. The van der Waals surface area contributed by atoms with E-state index < -0.39 is 0 Å². The largest absolute Gasteiger partial charge is 0.345 e. The summed E-state index contributed by atoms with van der Waals surface area (Å²) in [6.07, 6.45) is 1.61. The van der Waals surface area contributed by atoms with E-state index in [0.29, 0.717) is 11.4 Å². The molecule has 6 heteroatoms. The van der Waals surface area contributed by atoms with Crippen LogP contribution in [0.1, 0.15) is 36.8 Å². The van der Waals surface area contributed by atoms with Crippen LogP contribution in [0.5, 0.6) is 0 Å². The first-order valence-electron chi connectivity index (χ1n) is 6.74. The number of anilines is 1. The lowest BCUT2D eigenvalue weighted by molar-refractivity contribution is 0.102. The molecule has 1 aromatic carbocycles. The monoisotopic (exact) mass is 283 g/mol. The van der Waals surface area contributed by atoms with Crippen molar-refractivity contribution in [3.8, 4) is 0 Å². The van der Waals surface area contributed by atoms with Gasteiger partial charge in [0.25, 0.3) is 5.91 Å². The van der Waals surface area contributed by atoms with Crippen molar-refractivity contribution in [1.82, 2.24) is 20.2 Å². The Morgan fingerprint density at radius 1 is 1.24 bits per heavy atom. The first-order valence-corrected chi connectivity index (χ1v) is 6.74. The van der Waals surface area contributed by atoms with Crippen LogP contribution in [0.3, 0.4) is 0 Å².